The van der Waals surface area contributed by atoms with Crippen LogP contribution in [0, 0.1) is 11.8 Å². The van der Waals surface area contributed by atoms with E-state index in [1.54, 1.807) is 0 Å². The Kier molecular flexibility index (Phi) is 5.44. The number of carboxylic acid groups (broad SMARTS) is 1. The Labute approximate surface area is 59.0 Å². The Morgan fingerprint density at radius 3 is 2.80 bits per heavy atom. The van der Waals surface area contributed by atoms with Crippen LogP contribution in [0.2, 0.25) is 0 Å². The Balaban J connectivity index is 3.13. The summed E-state index contributed by atoms with van der Waals surface area (Å²) in [6.45, 7) is 0.0964. The van der Waals surface area contributed by atoms with Gasteiger partial charge < -0.3 is 15.6 Å². The van der Waals surface area contributed by atoms with Gasteiger partial charge in [-0.3, -0.25) is 0 Å². The first-order chi connectivity index (χ1) is 4.77. The Morgan fingerprint density at radius 2 is 2.30 bits per heavy atom. The summed E-state index contributed by atoms with van der Waals surface area (Å²) in [5.74, 6) is 4.07. The van der Waals surface area contributed by atoms with E-state index in [1.165, 1.54) is 0 Å². The van der Waals surface area contributed by atoms with Gasteiger partial charge in [0.2, 0.25) is 0 Å². The van der Waals surface area contributed by atoms with E-state index >= 15 is 0 Å². The standard InChI is InChI=1S/C6H9NO3/c7-3-1-2-4-10-5-6(8)9/h3-5,7H2,(H,8,9). The first kappa shape index (κ1) is 8.95. The van der Waals surface area contributed by atoms with Crippen molar-refractivity contribution in [3.63, 3.8) is 0 Å². The second-order valence-electron chi connectivity index (χ2n) is 1.44. The maximum absolute atomic E-state index is 9.83. The summed E-state index contributed by atoms with van der Waals surface area (Å²) in [6, 6.07) is 0. The summed E-state index contributed by atoms with van der Waals surface area (Å²) < 4.78 is 4.57. The van der Waals surface area contributed by atoms with E-state index in [9.17, 15) is 4.79 Å². The molecule has 0 aliphatic rings. The molecule has 0 spiro atoms. The highest BCUT2D eigenvalue weighted by Gasteiger charge is 1.91. The summed E-state index contributed by atoms with van der Waals surface area (Å²) in [5.41, 5.74) is 5.03. The second kappa shape index (κ2) is 6.08. The first-order valence-electron chi connectivity index (χ1n) is 2.72. The molecule has 0 aliphatic carbocycles. The molecule has 0 atom stereocenters. The molecule has 0 saturated carbocycles. The van der Waals surface area contributed by atoms with E-state index in [1.807, 2.05) is 0 Å². The molecule has 0 saturated heterocycles. The molecule has 0 aliphatic heterocycles. The highest BCUT2D eigenvalue weighted by Crippen LogP contribution is 1.71. The van der Waals surface area contributed by atoms with Crippen molar-refractivity contribution in [1.29, 1.82) is 0 Å². The van der Waals surface area contributed by atoms with Gasteiger partial charge in [0.25, 0.3) is 0 Å². The lowest BCUT2D eigenvalue weighted by Crippen LogP contribution is -2.06. The topological polar surface area (TPSA) is 72.5 Å². The molecule has 10 heavy (non-hydrogen) atoms. The molecule has 0 unspecified atom stereocenters. The van der Waals surface area contributed by atoms with Crippen LogP contribution in [0.15, 0.2) is 0 Å². The van der Waals surface area contributed by atoms with Gasteiger partial charge in [0.1, 0.15) is 13.2 Å². The van der Waals surface area contributed by atoms with Crippen molar-refractivity contribution in [3.05, 3.63) is 0 Å². The van der Waals surface area contributed by atoms with Crippen molar-refractivity contribution in [2.45, 2.75) is 0 Å². The summed E-state index contributed by atoms with van der Waals surface area (Å²) in [6.07, 6.45) is 0. The molecule has 0 aromatic rings. The fourth-order valence-corrected chi connectivity index (χ4v) is 0.313. The van der Waals surface area contributed by atoms with E-state index in [4.69, 9.17) is 10.8 Å². The van der Waals surface area contributed by atoms with Crippen molar-refractivity contribution in [2.24, 2.45) is 5.73 Å². The summed E-state index contributed by atoms with van der Waals surface area (Å²) in [7, 11) is 0. The molecule has 0 amide bonds. The monoisotopic (exact) mass is 143 g/mol. The van der Waals surface area contributed by atoms with Crippen LogP contribution in [0.3, 0.4) is 0 Å². The second-order valence-corrected chi connectivity index (χ2v) is 1.44. The van der Waals surface area contributed by atoms with Crippen LogP contribution in [0.4, 0.5) is 0 Å². The average molecular weight is 143 g/mol. The maximum Gasteiger partial charge on any atom is 0.329 e. The van der Waals surface area contributed by atoms with Gasteiger partial charge >= 0.3 is 5.97 Å². The van der Waals surface area contributed by atoms with Crippen LogP contribution in [-0.4, -0.2) is 30.8 Å². The van der Waals surface area contributed by atoms with Crippen LogP contribution in [-0.2, 0) is 9.53 Å². The molecule has 3 N–H and O–H groups in total. The molecule has 0 aromatic carbocycles. The Hall–Kier alpha value is -1.05. The molecule has 0 fully saturated rings. The van der Waals surface area contributed by atoms with Crippen LogP contribution >= 0.6 is 0 Å². The number of hydrogen-bond acceptors (Lipinski definition) is 3. The smallest absolute Gasteiger partial charge is 0.329 e. The average Bonchev–Trinajstić information content (AvgIpc) is 1.87. The Morgan fingerprint density at radius 1 is 1.60 bits per heavy atom. The van der Waals surface area contributed by atoms with Crippen LogP contribution in [0.5, 0.6) is 0 Å². The molecule has 0 rings (SSSR count). The molecule has 4 nitrogen and oxygen atoms in total. The molecule has 0 heterocycles. The minimum atomic E-state index is -0.991. The highest BCUT2D eigenvalue weighted by atomic mass is 16.5. The third-order valence-corrected chi connectivity index (χ3v) is 0.627. The van der Waals surface area contributed by atoms with Gasteiger partial charge in [-0.15, -0.1) is 0 Å². The van der Waals surface area contributed by atoms with Crippen LogP contribution < -0.4 is 5.73 Å². The molecular formula is C6H9NO3. The normalized spacial score (nSPS) is 8.10. The van der Waals surface area contributed by atoms with Gasteiger partial charge in [0.05, 0.1) is 6.54 Å². The molecule has 0 radical (unpaired) electrons. The zero-order chi connectivity index (χ0) is 7.82. The van der Waals surface area contributed by atoms with Gasteiger partial charge in [-0.25, -0.2) is 4.79 Å². The van der Waals surface area contributed by atoms with Crippen LogP contribution in [0.1, 0.15) is 0 Å². The summed E-state index contributed by atoms with van der Waals surface area (Å²) in [5, 5.41) is 8.07. The lowest BCUT2D eigenvalue weighted by atomic mass is 10.6. The number of ether oxygens (including phenoxy) is 1. The van der Waals surface area contributed by atoms with Crippen molar-refractivity contribution in [3.8, 4) is 11.8 Å². The molecule has 56 valence electrons. The molecule has 0 bridgehead atoms. The van der Waals surface area contributed by atoms with E-state index < -0.39 is 5.97 Å². The molecular weight excluding hydrogens is 134 g/mol. The van der Waals surface area contributed by atoms with Gasteiger partial charge in [0, 0.05) is 0 Å². The fraction of sp³-hybridized carbons (Fsp3) is 0.500. The Bertz CT molecular complexity index is 156. The van der Waals surface area contributed by atoms with Gasteiger partial charge in [-0.2, -0.15) is 0 Å². The zero-order valence-corrected chi connectivity index (χ0v) is 5.46. The third kappa shape index (κ3) is 6.95. The minimum Gasteiger partial charge on any atom is -0.480 e. The summed E-state index contributed by atoms with van der Waals surface area (Å²) in [4.78, 5) is 9.83. The predicted molar refractivity (Wildman–Crippen MR) is 35.3 cm³/mol. The number of aliphatic carboxylic acids is 1. The zero-order valence-electron chi connectivity index (χ0n) is 5.46. The van der Waals surface area contributed by atoms with E-state index in [0.29, 0.717) is 0 Å². The largest absolute Gasteiger partial charge is 0.480 e. The van der Waals surface area contributed by atoms with E-state index in [-0.39, 0.29) is 19.8 Å². The van der Waals surface area contributed by atoms with Gasteiger partial charge in [0.15, 0.2) is 0 Å². The number of hydrogen-bond donors (Lipinski definition) is 2. The maximum atomic E-state index is 9.83. The number of nitrogens with two attached hydrogens (primary N) is 1. The van der Waals surface area contributed by atoms with E-state index in [2.05, 4.69) is 16.6 Å². The quantitative estimate of drug-likeness (QED) is 0.394. The van der Waals surface area contributed by atoms with Crippen LogP contribution in [0.25, 0.3) is 0 Å². The predicted octanol–water partition coefficient (Wildman–Crippen LogP) is -0.950. The summed E-state index contributed by atoms with van der Waals surface area (Å²) >= 11 is 0. The van der Waals surface area contributed by atoms with E-state index in [0.717, 1.165) is 0 Å². The number of carboxylic acids is 1. The lowest BCUT2D eigenvalue weighted by Gasteiger charge is -1.90. The third-order valence-electron chi connectivity index (χ3n) is 0.627. The van der Waals surface area contributed by atoms with Crippen molar-refractivity contribution in [2.75, 3.05) is 19.8 Å². The first-order valence-corrected chi connectivity index (χ1v) is 2.72. The van der Waals surface area contributed by atoms with Crippen molar-refractivity contribution in [1.82, 2.24) is 0 Å². The van der Waals surface area contributed by atoms with Crippen molar-refractivity contribution >= 4 is 5.97 Å². The minimum absolute atomic E-state index is 0.128. The number of carbonyl (C=O) groups is 1. The van der Waals surface area contributed by atoms with Gasteiger partial charge in [-0.05, 0) is 0 Å². The van der Waals surface area contributed by atoms with Gasteiger partial charge in [-0.1, -0.05) is 11.8 Å². The highest BCUT2D eigenvalue weighted by molar-refractivity contribution is 5.68. The SMILES string of the molecule is NCC#CCOCC(=O)O. The molecule has 0 aromatic heterocycles. The molecule has 4 heteroatoms. The number of rotatable bonds is 3. The lowest BCUT2D eigenvalue weighted by molar-refractivity contribution is -0.141. The van der Waals surface area contributed by atoms with Crippen molar-refractivity contribution < 1.29 is 14.6 Å². The fourth-order valence-electron chi connectivity index (χ4n) is 0.313.